The number of hydrogen-bond donors (Lipinski definition) is 1. The number of benzene rings is 1. The van der Waals surface area contributed by atoms with Crippen LogP contribution in [-0.2, 0) is 0 Å². The Kier molecular flexibility index (Phi) is 4.18. The maximum atomic E-state index is 11.9. The molecule has 1 N–H and O–H groups in total. The fraction of sp³-hybridized carbons (Fsp3) is 0.455. The van der Waals surface area contributed by atoms with E-state index in [-0.39, 0.29) is 0 Å². The average Bonchev–Trinajstić information content (AvgIpc) is 2.16. The second-order valence-electron chi connectivity index (χ2n) is 3.43. The zero-order valence-electron chi connectivity index (χ0n) is 8.79. The molecule has 1 aromatic carbocycles. The summed E-state index contributed by atoms with van der Waals surface area (Å²) in [6, 6.07) is 6.50. The van der Waals surface area contributed by atoms with Crippen molar-refractivity contribution in [2.75, 3.05) is 6.61 Å². The molecule has 2 nitrogen and oxygen atoms in total. The van der Waals surface area contributed by atoms with Crippen LogP contribution in [0.3, 0.4) is 0 Å². The van der Waals surface area contributed by atoms with E-state index in [1.807, 2.05) is 0 Å². The van der Waals surface area contributed by atoms with Gasteiger partial charge in [0.15, 0.2) is 0 Å². The predicted octanol–water partition coefficient (Wildman–Crippen LogP) is 3.07. The number of para-hydroxylation sites is 1. The molecule has 1 rings (SSSR count). The van der Waals surface area contributed by atoms with E-state index in [1.54, 1.807) is 24.3 Å². The van der Waals surface area contributed by atoms with Gasteiger partial charge in [0, 0.05) is 5.56 Å². The molecule has 0 aliphatic rings. The zero-order chi connectivity index (χ0) is 12.2. The molecule has 0 amide bonds. The summed E-state index contributed by atoms with van der Waals surface area (Å²) < 4.78 is 40.7. The van der Waals surface area contributed by atoms with Gasteiger partial charge in [0.25, 0.3) is 0 Å². The first-order valence-corrected chi connectivity index (χ1v) is 4.86. The lowest BCUT2D eigenvalue weighted by atomic mass is 10.1. The minimum absolute atomic E-state index is 0.293. The van der Waals surface area contributed by atoms with Crippen molar-refractivity contribution in [3.05, 3.63) is 29.8 Å². The number of halogens is 3. The van der Waals surface area contributed by atoms with Crippen molar-refractivity contribution >= 4 is 0 Å². The first-order valence-electron chi connectivity index (χ1n) is 4.86. The second-order valence-corrected chi connectivity index (χ2v) is 3.43. The molecular formula is C11H13F3O2. The molecule has 0 fully saturated rings. The Bertz CT molecular complexity index is 334. The third-order valence-electron chi connectivity index (χ3n) is 2.01. The van der Waals surface area contributed by atoms with Crippen LogP contribution in [0.15, 0.2) is 24.3 Å². The largest absolute Gasteiger partial charge is 0.493 e. The molecule has 1 aromatic rings. The highest BCUT2D eigenvalue weighted by molar-refractivity contribution is 5.34. The molecule has 90 valence electrons. The number of aliphatic hydroxyl groups is 1. The van der Waals surface area contributed by atoms with Gasteiger partial charge in [0.1, 0.15) is 5.75 Å². The lowest BCUT2D eigenvalue weighted by molar-refractivity contribution is -0.139. The van der Waals surface area contributed by atoms with E-state index in [2.05, 4.69) is 0 Å². The van der Waals surface area contributed by atoms with Crippen LogP contribution >= 0.6 is 0 Å². The molecule has 0 aliphatic heterocycles. The molecule has 1 atom stereocenters. The lowest BCUT2D eigenvalue weighted by Crippen LogP contribution is -2.13. The van der Waals surface area contributed by atoms with Gasteiger partial charge in [-0.15, -0.1) is 0 Å². The van der Waals surface area contributed by atoms with Crippen LogP contribution in [0, 0.1) is 0 Å². The predicted molar refractivity (Wildman–Crippen MR) is 53.2 cm³/mol. The Morgan fingerprint density at radius 1 is 1.31 bits per heavy atom. The Labute approximate surface area is 91.7 Å². The molecule has 0 heterocycles. The van der Waals surface area contributed by atoms with Crippen molar-refractivity contribution in [3.8, 4) is 5.75 Å². The summed E-state index contributed by atoms with van der Waals surface area (Å²) in [7, 11) is 0. The van der Waals surface area contributed by atoms with Gasteiger partial charge in [0.2, 0.25) is 0 Å². The zero-order valence-corrected chi connectivity index (χ0v) is 8.79. The van der Waals surface area contributed by atoms with Crippen LogP contribution in [0.1, 0.15) is 25.0 Å². The standard InChI is InChI=1S/C11H13F3O2/c1-8(15)9-4-2-3-5-10(9)16-7-6-11(12,13)14/h2-5,8,15H,6-7H2,1H3. The van der Waals surface area contributed by atoms with Crippen molar-refractivity contribution in [1.29, 1.82) is 0 Å². The maximum absolute atomic E-state index is 11.9. The summed E-state index contributed by atoms with van der Waals surface area (Å²) in [5.74, 6) is 0.293. The van der Waals surface area contributed by atoms with Crippen LogP contribution in [0.25, 0.3) is 0 Å². The molecule has 16 heavy (non-hydrogen) atoms. The van der Waals surface area contributed by atoms with E-state index in [9.17, 15) is 18.3 Å². The van der Waals surface area contributed by atoms with Gasteiger partial charge >= 0.3 is 6.18 Å². The summed E-state index contributed by atoms with van der Waals surface area (Å²) >= 11 is 0. The van der Waals surface area contributed by atoms with E-state index in [0.717, 1.165) is 0 Å². The van der Waals surface area contributed by atoms with E-state index < -0.39 is 25.3 Å². The average molecular weight is 234 g/mol. The van der Waals surface area contributed by atoms with Crippen LogP contribution in [0.4, 0.5) is 13.2 Å². The topological polar surface area (TPSA) is 29.5 Å². The molecular weight excluding hydrogens is 221 g/mol. The van der Waals surface area contributed by atoms with E-state index in [0.29, 0.717) is 11.3 Å². The fourth-order valence-electron chi connectivity index (χ4n) is 1.23. The van der Waals surface area contributed by atoms with Gasteiger partial charge in [0.05, 0.1) is 19.1 Å². The normalized spacial score (nSPS) is 13.6. The SMILES string of the molecule is CC(O)c1ccccc1OCCC(F)(F)F. The number of ether oxygens (including phenoxy) is 1. The Balaban J connectivity index is 2.60. The molecule has 1 unspecified atom stereocenters. The van der Waals surface area contributed by atoms with Crippen molar-refractivity contribution in [1.82, 2.24) is 0 Å². The summed E-state index contributed by atoms with van der Waals surface area (Å²) in [5, 5.41) is 9.36. The molecule has 5 heteroatoms. The number of hydrogen-bond acceptors (Lipinski definition) is 2. The molecule has 0 aliphatic carbocycles. The van der Waals surface area contributed by atoms with Crippen LogP contribution in [-0.4, -0.2) is 17.9 Å². The van der Waals surface area contributed by atoms with Gasteiger partial charge < -0.3 is 9.84 Å². The molecule has 0 radical (unpaired) electrons. The van der Waals surface area contributed by atoms with Crippen LogP contribution < -0.4 is 4.74 Å². The summed E-state index contributed by atoms with van der Waals surface area (Å²) in [4.78, 5) is 0. The van der Waals surface area contributed by atoms with Crippen molar-refractivity contribution in [2.24, 2.45) is 0 Å². The van der Waals surface area contributed by atoms with Gasteiger partial charge in [-0.1, -0.05) is 18.2 Å². The number of aliphatic hydroxyl groups excluding tert-OH is 1. The first kappa shape index (κ1) is 12.8. The maximum Gasteiger partial charge on any atom is 0.392 e. The molecule has 0 aromatic heterocycles. The molecule has 0 saturated carbocycles. The third-order valence-corrected chi connectivity index (χ3v) is 2.01. The second kappa shape index (κ2) is 5.21. The number of rotatable bonds is 4. The third kappa shape index (κ3) is 4.10. The minimum Gasteiger partial charge on any atom is -0.493 e. The summed E-state index contributed by atoms with van der Waals surface area (Å²) in [5.41, 5.74) is 0.490. The smallest absolute Gasteiger partial charge is 0.392 e. The summed E-state index contributed by atoms with van der Waals surface area (Å²) in [6.45, 7) is 1.10. The Hall–Kier alpha value is -1.23. The highest BCUT2D eigenvalue weighted by Gasteiger charge is 2.27. The van der Waals surface area contributed by atoms with Gasteiger partial charge in [-0.25, -0.2) is 0 Å². The molecule has 0 saturated heterocycles. The number of alkyl halides is 3. The Morgan fingerprint density at radius 2 is 1.94 bits per heavy atom. The minimum atomic E-state index is -4.22. The van der Waals surface area contributed by atoms with E-state index in [4.69, 9.17) is 4.74 Å². The van der Waals surface area contributed by atoms with Crippen molar-refractivity contribution in [3.63, 3.8) is 0 Å². The first-order chi connectivity index (χ1) is 7.40. The molecule has 0 bridgehead atoms. The van der Waals surface area contributed by atoms with E-state index >= 15 is 0 Å². The fourth-order valence-corrected chi connectivity index (χ4v) is 1.23. The van der Waals surface area contributed by atoms with Crippen molar-refractivity contribution < 1.29 is 23.0 Å². The van der Waals surface area contributed by atoms with Gasteiger partial charge in [-0.05, 0) is 13.0 Å². The van der Waals surface area contributed by atoms with Gasteiger partial charge in [-0.3, -0.25) is 0 Å². The van der Waals surface area contributed by atoms with Gasteiger partial charge in [-0.2, -0.15) is 13.2 Å². The highest BCUT2D eigenvalue weighted by atomic mass is 19.4. The van der Waals surface area contributed by atoms with E-state index in [1.165, 1.54) is 6.92 Å². The monoisotopic (exact) mass is 234 g/mol. The van der Waals surface area contributed by atoms with Crippen molar-refractivity contribution in [2.45, 2.75) is 25.6 Å². The van der Waals surface area contributed by atoms with Crippen LogP contribution in [0.5, 0.6) is 5.75 Å². The Morgan fingerprint density at radius 3 is 2.50 bits per heavy atom. The van der Waals surface area contributed by atoms with Crippen LogP contribution in [0.2, 0.25) is 0 Å². The lowest BCUT2D eigenvalue weighted by Gasteiger charge is -2.13. The summed E-state index contributed by atoms with van der Waals surface area (Å²) in [6.07, 6.45) is -5.98. The highest BCUT2D eigenvalue weighted by Crippen LogP contribution is 2.26. The quantitative estimate of drug-likeness (QED) is 0.867. The molecule has 0 spiro atoms.